The molecule has 4 N–H and O–H groups in total. The highest BCUT2D eigenvalue weighted by Gasteiger charge is 2.53. The number of rotatable bonds is 6. The van der Waals surface area contributed by atoms with E-state index >= 15 is 0 Å². The molecule has 17 heteroatoms. The second-order valence-electron chi connectivity index (χ2n) is 20.9. The highest BCUT2D eigenvalue weighted by molar-refractivity contribution is 7.56. The zero-order chi connectivity index (χ0) is 52.7. The van der Waals surface area contributed by atoms with E-state index in [9.17, 15) is 43.9 Å². The molecule has 0 unspecified atom stereocenters. The first-order valence-corrected chi connectivity index (χ1v) is 27.8. The molecular weight excluding hydrogens is 922 g/mol. The highest BCUT2D eigenvalue weighted by Crippen LogP contribution is 2.38. The number of ether oxygens (including phenoxy) is 5. The Kier molecular flexibility index (Phi) is 24.7. The number of allylic oxidation sites excluding steroid dienone is 6. The minimum absolute atomic E-state index is 0.0193. The number of cyclic esters (lactones) is 1. The maximum Gasteiger partial charge on any atom is 0.329 e. The maximum atomic E-state index is 14.4. The van der Waals surface area contributed by atoms with Crippen LogP contribution in [0.15, 0.2) is 47.6 Å². The van der Waals surface area contributed by atoms with Crippen molar-refractivity contribution >= 4 is 36.6 Å². The lowest BCUT2D eigenvalue weighted by atomic mass is 9.78. The molecule has 0 radical (unpaired) electrons. The van der Waals surface area contributed by atoms with Gasteiger partial charge in [0, 0.05) is 71.8 Å². The number of esters is 1. The molecule has 1 saturated carbocycles. The number of methoxy groups -OCH3 is 3. The van der Waals surface area contributed by atoms with Crippen molar-refractivity contribution in [3.05, 3.63) is 47.6 Å². The van der Waals surface area contributed by atoms with Crippen molar-refractivity contribution in [1.82, 2.24) is 4.90 Å². The largest absolute Gasteiger partial charge is 0.460 e. The van der Waals surface area contributed by atoms with Crippen LogP contribution in [0.25, 0.3) is 0 Å². The zero-order valence-corrected chi connectivity index (χ0v) is 44.8. The lowest BCUT2D eigenvalue weighted by Crippen LogP contribution is -2.61. The van der Waals surface area contributed by atoms with E-state index in [2.05, 4.69) is 0 Å². The van der Waals surface area contributed by atoms with Gasteiger partial charge >= 0.3 is 5.97 Å². The fourth-order valence-electron chi connectivity index (χ4n) is 10.1. The van der Waals surface area contributed by atoms with Gasteiger partial charge in [0.15, 0.2) is 13.2 Å². The molecule has 0 aromatic heterocycles. The summed E-state index contributed by atoms with van der Waals surface area (Å²) >= 11 is 0. The van der Waals surface area contributed by atoms with Crippen molar-refractivity contribution in [2.75, 3.05) is 41.2 Å². The van der Waals surface area contributed by atoms with Crippen LogP contribution >= 0.6 is 7.37 Å². The summed E-state index contributed by atoms with van der Waals surface area (Å²) in [6, 6.07) is -1.14. The van der Waals surface area contributed by atoms with Crippen LogP contribution in [0.4, 0.5) is 0 Å². The molecule has 2 bridgehead atoms. The Morgan fingerprint density at radius 1 is 0.857 bits per heavy atom. The number of fused-ring (bicyclic) bond motifs is 3. The number of hydrogen-bond acceptors (Lipinski definition) is 14. The van der Waals surface area contributed by atoms with E-state index in [0.29, 0.717) is 63.4 Å². The number of piperidine rings is 1. The predicted octanol–water partition coefficient (Wildman–Crippen LogP) is 6.70. The molecule has 0 aromatic carbocycles. The Hall–Kier alpha value is -3.18. The molecule has 0 aromatic rings. The third-order valence-electron chi connectivity index (χ3n) is 14.5. The fourth-order valence-corrected chi connectivity index (χ4v) is 10.1. The van der Waals surface area contributed by atoms with Crippen LogP contribution in [0.1, 0.15) is 126 Å². The van der Waals surface area contributed by atoms with Gasteiger partial charge in [0.05, 0.1) is 24.4 Å². The van der Waals surface area contributed by atoms with Crippen LogP contribution in [0, 0.1) is 35.5 Å². The number of carbonyl (C=O) groups excluding carboxylic acids is 5. The second-order valence-corrected chi connectivity index (χ2v) is 23.5. The number of hydrogen-bond donors (Lipinski definition) is 4. The van der Waals surface area contributed by atoms with Crippen molar-refractivity contribution in [2.24, 2.45) is 35.5 Å². The van der Waals surface area contributed by atoms with Gasteiger partial charge in [0.25, 0.3) is 11.7 Å². The van der Waals surface area contributed by atoms with E-state index in [1.165, 1.54) is 25.3 Å². The topological polar surface area (TPSA) is 233 Å². The molecule has 15 atom stereocenters. The standard InChI is InChI=1S/C51H79NO13.C2H7O2P/c1-30-16-12-11-13-17-31(2)42(61-8)28-38-21-19-36(7)51(60,65-38)48(57)49(58)52-23-15-14-18-39(52)50(59)64-43(33(4)26-37-20-22-40(53)44(27-37)62-9)29-41(54)32(3)25-35(6)46(56)47(63-10)45(55)34(5)24-30;1-5(2,3)4/h11-13,16-17,25,30,32-34,36-40,42-44,46-47,53,56,60H,14-15,18-24,26-29H2,1-10H3;1-2H3,(H,3,4)/b13-11?,16-12+,31-17?,35-25+;/t30-,32-,33-,34-,36-,37+,38+,39+,40-,42+,43+,44-,46-,47+,51-;/m1./s1. The Bertz CT molecular complexity index is 1920. The average molecular weight is 1010 g/mol. The summed E-state index contributed by atoms with van der Waals surface area (Å²) in [6.45, 7) is 15.3. The van der Waals surface area contributed by atoms with Crippen LogP contribution < -0.4 is 0 Å². The number of amides is 1. The van der Waals surface area contributed by atoms with Gasteiger partial charge in [-0.1, -0.05) is 71.1 Å². The van der Waals surface area contributed by atoms with Crippen LogP contribution in [0.3, 0.4) is 0 Å². The third-order valence-corrected chi connectivity index (χ3v) is 14.5. The van der Waals surface area contributed by atoms with E-state index in [0.717, 1.165) is 12.0 Å². The minimum Gasteiger partial charge on any atom is -0.460 e. The van der Waals surface area contributed by atoms with E-state index in [4.69, 9.17) is 28.6 Å². The molecule has 3 heterocycles. The van der Waals surface area contributed by atoms with Gasteiger partial charge in [0.2, 0.25) is 5.79 Å². The fraction of sp³-hybridized carbons (Fsp3) is 0.755. The van der Waals surface area contributed by atoms with Crippen molar-refractivity contribution in [2.45, 2.75) is 180 Å². The number of nitrogens with zero attached hydrogens (tertiary/aromatic N) is 1. The van der Waals surface area contributed by atoms with Gasteiger partial charge < -0.3 is 48.8 Å². The Morgan fingerprint density at radius 2 is 1.53 bits per heavy atom. The van der Waals surface area contributed by atoms with Gasteiger partial charge in [0.1, 0.15) is 30.1 Å². The molecule has 3 fully saturated rings. The molecule has 2 saturated heterocycles. The normalized spacial score (nSPS) is 37.2. The molecule has 4 rings (SSSR count). The molecule has 70 heavy (non-hydrogen) atoms. The highest BCUT2D eigenvalue weighted by atomic mass is 31.2. The quantitative estimate of drug-likeness (QED) is 0.0939. The molecule has 1 amide bonds. The molecule has 16 nitrogen and oxygen atoms in total. The van der Waals surface area contributed by atoms with Gasteiger partial charge in [-0.05, 0) is 107 Å². The van der Waals surface area contributed by atoms with Gasteiger partial charge in [-0.15, -0.1) is 0 Å². The maximum absolute atomic E-state index is 14.4. The summed E-state index contributed by atoms with van der Waals surface area (Å²) < 4.78 is 39.1. The number of aliphatic hydroxyl groups excluding tert-OH is 2. The SMILES string of the molecule is CO[C@H]1C[C@@H]2CC[C@@H](C)[C@@](O)(O2)C(=O)C(=O)N2CCCC[C@H]2C(=O)O[C@H]([C@H](C)C[C@@H]2CC[C@@H](O)[C@H](OC)C2)CC(=O)[C@H](C)/C=C(\C)[C@@H](O)[C@@H](OC)C(=O)[C@H](C)C[C@H](C)/C=C/C=CC=C1C.CP(C)(=O)O. The third kappa shape index (κ3) is 18.1. The van der Waals surface area contributed by atoms with Crippen LogP contribution in [-0.2, 0) is 52.2 Å². The molecule has 398 valence electrons. The van der Waals surface area contributed by atoms with Crippen molar-refractivity contribution < 1.29 is 72.4 Å². The van der Waals surface area contributed by atoms with Crippen LogP contribution in [0.2, 0.25) is 0 Å². The summed E-state index contributed by atoms with van der Waals surface area (Å²) in [4.78, 5) is 79.8. The first-order chi connectivity index (χ1) is 32.7. The van der Waals surface area contributed by atoms with Crippen molar-refractivity contribution in [3.8, 4) is 0 Å². The van der Waals surface area contributed by atoms with Crippen LogP contribution in [0.5, 0.6) is 0 Å². The second kappa shape index (κ2) is 28.3. The Morgan fingerprint density at radius 3 is 2.16 bits per heavy atom. The Labute approximate surface area is 417 Å². The molecule has 3 aliphatic heterocycles. The van der Waals surface area contributed by atoms with Crippen molar-refractivity contribution in [1.29, 1.82) is 0 Å². The van der Waals surface area contributed by atoms with Gasteiger partial charge in [-0.3, -0.25) is 23.7 Å². The first-order valence-electron chi connectivity index (χ1n) is 25.2. The lowest BCUT2D eigenvalue weighted by Gasteiger charge is -2.42. The van der Waals surface area contributed by atoms with Crippen LogP contribution in [-0.4, -0.2) is 150 Å². The molecular formula is C53H86NO15P. The summed E-state index contributed by atoms with van der Waals surface area (Å²) in [5.74, 6) is -7.96. The number of Topliss-reactive ketones (excluding diaryl/α,β-unsaturated/α-hetero) is 3. The van der Waals surface area contributed by atoms with E-state index < -0.39 is 91.2 Å². The number of ketones is 3. The zero-order valence-electron chi connectivity index (χ0n) is 43.9. The monoisotopic (exact) mass is 1010 g/mol. The van der Waals surface area contributed by atoms with Gasteiger partial charge in [-0.2, -0.15) is 0 Å². The minimum atomic E-state index is -2.64. The average Bonchev–Trinajstić information content (AvgIpc) is 3.30. The van der Waals surface area contributed by atoms with E-state index in [1.807, 2.05) is 58.1 Å². The summed E-state index contributed by atoms with van der Waals surface area (Å²) in [7, 11) is 1.88. The summed E-state index contributed by atoms with van der Waals surface area (Å²) in [5, 5.41) is 33.8. The Balaban J connectivity index is 0.00000246. The predicted molar refractivity (Wildman–Crippen MR) is 267 cm³/mol. The first kappa shape index (κ1) is 61.1. The summed E-state index contributed by atoms with van der Waals surface area (Å²) in [5.41, 5.74) is 1.27. The van der Waals surface area contributed by atoms with E-state index in [1.54, 1.807) is 41.1 Å². The smallest absolute Gasteiger partial charge is 0.329 e. The molecule has 4 aliphatic rings. The van der Waals surface area contributed by atoms with Gasteiger partial charge in [-0.25, -0.2) is 4.79 Å². The molecule has 0 spiro atoms. The molecule has 1 aliphatic carbocycles. The number of aliphatic hydroxyl groups is 3. The lowest BCUT2D eigenvalue weighted by molar-refractivity contribution is -0.265. The van der Waals surface area contributed by atoms with Crippen molar-refractivity contribution in [3.63, 3.8) is 0 Å². The number of carbonyl (C=O) groups is 5. The summed E-state index contributed by atoms with van der Waals surface area (Å²) in [6.07, 6.45) is 11.2. The van der Waals surface area contributed by atoms with E-state index in [-0.39, 0.29) is 54.8 Å².